The quantitative estimate of drug-likeness (QED) is 0.680. The molecule has 1 aliphatic heterocycles. The fourth-order valence-corrected chi connectivity index (χ4v) is 3.69. The topological polar surface area (TPSA) is 98.7 Å². The molecule has 0 fully saturated rings. The molecule has 0 saturated heterocycles. The number of rotatable bonds is 5. The number of hydrogen-bond donors (Lipinski definition) is 1. The lowest BCUT2D eigenvalue weighted by atomic mass is 10.2. The summed E-state index contributed by atoms with van der Waals surface area (Å²) in [5.41, 5.74) is 1.74. The SMILES string of the molecule is COc1ccccc1NCCN1N=C(C)[C@H](C)n2c1nc1c2c(=O)n(C)c(=O)n1C. The van der Waals surface area contributed by atoms with Gasteiger partial charge in [0.1, 0.15) is 5.75 Å². The Labute approximate surface area is 173 Å². The summed E-state index contributed by atoms with van der Waals surface area (Å²) < 4.78 is 9.75. The second-order valence-corrected chi connectivity index (χ2v) is 7.33. The third-order valence-electron chi connectivity index (χ3n) is 5.52. The van der Waals surface area contributed by atoms with Crippen LogP contribution in [-0.2, 0) is 14.1 Å². The highest BCUT2D eigenvalue weighted by Crippen LogP contribution is 2.29. The Hall–Kier alpha value is -3.56. The lowest BCUT2D eigenvalue weighted by Gasteiger charge is -2.29. The molecule has 3 heterocycles. The zero-order valence-corrected chi connectivity index (χ0v) is 17.7. The summed E-state index contributed by atoms with van der Waals surface area (Å²) in [5.74, 6) is 1.30. The number of nitrogens with one attached hydrogen (secondary N) is 1. The van der Waals surface area contributed by atoms with E-state index in [0.29, 0.717) is 30.2 Å². The van der Waals surface area contributed by atoms with Crippen molar-refractivity contribution in [2.75, 3.05) is 30.5 Å². The number of hydrazone groups is 1. The molecule has 0 bridgehead atoms. The molecule has 1 aliphatic rings. The standard InChI is InChI=1S/C20H25N7O3/c1-12-13(2)27-16-17(24(3)20(29)25(4)18(16)28)22-19(27)26(23-12)11-10-21-14-8-6-7-9-15(14)30-5/h6-9,13,21H,10-11H2,1-5H3/t13-/m0/s1. The molecule has 0 aliphatic carbocycles. The molecule has 158 valence electrons. The van der Waals surface area contributed by atoms with E-state index in [1.54, 1.807) is 19.2 Å². The number of imidazole rings is 1. The Morgan fingerprint density at radius 3 is 2.63 bits per heavy atom. The lowest BCUT2D eigenvalue weighted by Crippen LogP contribution is -2.39. The molecule has 0 spiro atoms. The number of methoxy groups -OCH3 is 1. The van der Waals surface area contributed by atoms with Crippen LogP contribution in [0, 0.1) is 0 Å². The fourth-order valence-electron chi connectivity index (χ4n) is 3.69. The van der Waals surface area contributed by atoms with Crippen LogP contribution in [0.2, 0.25) is 0 Å². The van der Waals surface area contributed by atoms with Gasteiger partial charge in [0, 0.05) is 20.6 Å². The van der Waals surface area contributed by atoms with Crippen molar-refractivity contribution in [3.63, 3.8) is 0 Å². The number of nitrogens with zero attached hydrogens (tertiary/aromatic N) is 6. The third-order valence-corrected chi connectivity index (χ3v) is 5.52. The molecule has 10 heteroatoms. The van der Waals surface area contributed by atoms with Crippen LogP contribution in [0.15, 0.2) is 39.0 Å². The van der Waals surface area contributed by atoms with E-state index in [1.807, 2.05) is 42.7 Å². The third kappa shape index (κ3) is 2.95. The smallest absolute Gasteiger partial charge is 0.332 e. The van der Waals surface area contributed by atoms with Crippen molar-refractivity contribution in [1.29, 1.82) is 0 Å². The van der Waals surface area contributed by atoms with Crippen molar-refractivity contribution >= 4 is 28.5 Å². The van der Waals surface area contributed by atoms with Gasteiger partial charge in [-0.25, -0.2) is 9.80 Å². The Kier molecular flexibility index (Phi) is 4.84. The molecule has 0 saturated carbocycles. The van der Waals surface area contributed by atoms with Crippen LogP contribution in [0.25, 0.3) is 11.2 Å². The van der Waals surface area contributed by atoms with Crippen LogP contribution >= 0.6 is 0 Å². The van der Waals surface area contributed by atoms with Crippen LogP contribution in [0.3, 0.4) is 0 Å². The predicted octanol–water partition coefficient (Wildman–Crippen LogP) is 1.31. The first-order chi connectivity index (χ1) is 14.3. The summed E-state index contributed by atoms with van der Waals surface area (Å²) in [6, 6.07) is 7.54. The summed E-state index contributed by atoms with van der Waals surface area (Å²) in [5, 5.41) is 9.79. The van der Waals surface area contributed by atoms with Crippen molar-refractivity contribution in [1.82, 2.24) is 18.7 Å². The fraction of sp³-hybridized carbons (Fsp3) is 0.400. The summed E-state index contributed by atoms with van der Waals surface area (Å²) in [6.45, 7) is 4.98. The highest BCUT2D eigenvalue weighted by atomic mass is 16.5. The van der Waals surface area contributed by atoms with E-state index in [1.165, 1.54) is 11.6 Å². The Balaban J connectivity index is 1.72. The highest BCUT2D eigenvalue weighted by molar-refractivity contribution is 5.91. The van der Waals surface area contributed by atoms with E-state index in [-0.39, 0.29) is 11.6 Å². The number of ether oxygens (including phenoxy) is 1. The van der Waals surface area contributed by atoms with Gasteiger partial charge in [0.2, 0.25) is 5.95 Å². The summed E-state index contributed by atoms with van der Waals surface area (Å²) >= 11 is 0. The van der Waals surface area contributed by atoms with Crippen LogP contribution in [0.4, 0.5) is 11.6 Å². The molecular weight excluding hydrogens is 386 g/mol. The minimum Gasteiger partial charge on any atom is -0.495 e. The van der Waals surface area contributed by atoms with Crippen molar-refractivity contribution in [3.8, 4) is 5.75 Å². The van der Waals surface area contributed by atoms with Gasteiger partial charge in [0.15, 0.2) is 11.2 Å². The zero-order valence-electron chi connectivity index (χ0n) is 17.7. The molecule has 0 unspecified atom stereocenters. The highest BCUT2D eigenvalue weighted by Gasteiger charge is 2.30. The second-order valence-electron chi connectivity index (χ2n) is 7.33. The van der Waals surface area contributed by atoms with Gasteiger partial charge in [-0.15, -0.1) is 0 Å². The average molecular weight is 411 g/mol. The second kappa shape index (κ2) is 7.36. The maximum absolute atomic E-state index is 12.9. The number of benzene rings is 1. The molecular formula is C20H25N7O3. The molecule has 0 amide bonds. The maximum atomic E-state index is 12.9. The molecule has 1 aromatic carbocycles. The minimum absolute atomic E-state index is 0.145. The van der Waals surface area contributed by atoms with Crippen LogP contribution in [0.1, 0.15) is 19.9 Å². The van der Waals surface area contributed by atoms with E-state index < -0.39 is 5.69 Å². The molecule has 10 nitrogen and oxygen atoms in total. The number of aromatic nitrogens is 4. The predicted molar refractivity (Wildman–Crippen MR) is 117 cm³/mol. The number of para-hydroxylation sites is 2. The van der Waals surface area contributed by atoms with Crippen molar-refractivity contribution < 1.29 is 4.74 Å². The van der Waals surface area contributed by atoms with Crippen molar-refractivity contribution in [2.45, 2.75) is 19.9 Å². The Bertz CT molecular complexity index is 1270. The molecule has 0 radical (unpaired) electrons. The molecule has 2 aromatic heterocycles. The van der Waals surface area contributed by atoms with E-state index in [4.69, 9.17) is 4.74 Å². The molecule has 1 N–H and O–H groups in total. The van der Waals surface area contributed by atoms with Gasteiger partial charge >= 0.3 is 5.69 Å². The van der Waals surface area contributed by atoms with E-state index >= 15 is 0 Å². The van der Waals surface area contributed by atoms with Gasteiger partial charge in [0.25, 0.3) is 5.56 Å². The zero-order chi connectivity index (χ0) is 21.6. The average Bonchev–Trinajstić information content (AvgIpc) is 3.15. The van der Waals surface area contributed by atoms with Crippen molar-refractivity contribution in [3.05, 3.63) is 45.1 Å². The summed E-state index contributed by atoms with van der Waals surface area (Å²) in [4.78, 5) is 29.8. The normalized spacial score (nSPS) is 15.8. The molecule has 4 rings (SSSR count). The van der Waals surface area contributed by atoms with Gasteiger partial charge < -0.3 is 10.1 Å². The number of aryl methyl sites for hydroxylation is 1. The van der Waals surface area contributed by atoms with E-state index in [9.17, 15) is 9.59 Å². The number of hydrogen-bond acceptors (Lipinski definition) is 7. The first-order valence-electron chi connectivity index (χ1n) is 9.72. The van der Waals surface area contributed by atoms with Crippen molar-refractivity contribution in [2.24, 2.45) is 19.2 Å². The number of fused-ring (bicyclic) bond motifs is 3. The lowest BCUT2D eigenvalue weighted by molar-refractivity contribution is 0.416. The molecule has 30 heavy (non-hydrogen) atoms. The number of anilines is 2. The van der Waals surface area contributed by atoms with Gasteiger partial charge in [-0.3, -0.25) is 18.5 Å². The Morgan fingerprint density at radius 1 is 1.17 bits per heavy atom. The monoisotopic (exact) mass is 411 g/mol. The van der Waals surface area contributed by atoms with Gasteiger partial charge in [0.05, 0.1) is 31.1 Å². The molecule has 1 atom stereocenters. The van der Waals surface area contributed by atoms with Crippen LogP contribution in [-0.4, -0.2) is 44.6 Å². The maximum Gasteiger partial charge on any atom is 0.332 e. The van der Waals surface area contributed by atoms with Crippen LogP contribution in [0.5, 0.6) is 5.75 Å². The summed E-state index contributed by atoms with van der Waals surface area (Å²) in [7, 11) is 4.73. The van der Waals surface area contributed by atoms with Gasteiger partial charge in [-0.05, 0) is 26.0 Å². The van der Waals surface area contributed by atoms with Gasteiger partial charge in [-0.2, -0.15) is 10.1 Å². The minimum atomic E-state index is -0.405. The summed E-state index contributed by atoms with van der Waals surface area (Å²) in [6.07, 6.45) is 0. The largest absolute Gasteiger partial charge is 0.495 e. The van der Waals surface area contributed by atoms with E-state index in [0.717, 1.165) is 21.7 Å². The Morgan fingerprint density at radius 2 is 1.90 bits per heavy atom. The van der Waals surface area contributed by atoms with Crippen LogP contribution < -0.4 is 26.3 Å². The first kappa shape index (κ1) is 19.7. The van der Waals surface area contributed by atoms with E-state index in [2.05, 4.69) is 15.4 Å². The molecule has 3 aromatic rings. The van der Waals surface area contributed by atoms with Gasteiger partial charge in [-0.1, -0.05) is 12.1 Å². The first-order valence-corrected chi connectivity index (χ1v) is 9.72.